The standard InChI is InChI=1S/C22H19ClFN3O3/c1-14(27-21(29)15-7-9-17(23)10-8-15)20(28)26-13-16-4-3-11-25-22(16)30-19-6-2-5-18(24)12-19/h2-12,14H,13H2,1H3,(H,26,28)(H,27,29). The maximum atomic E-state index is 13.4. The second kappa shape index (κ2) is 9.84. The fourth-order valence-electron chi connectivity index (χ4n) is 2.57. The van der Waals surface area contributed by atoms with Crippen LogP contribution in [0.5, 0.6) is 11.6 Å². The first-order chi connectivity index (χ1) is 14.4. The molecule has 0 aliphatic carbocycles. The van der Waals surface area contributed by atoms with Crippen LogP contribution < -0.4 is 15.4 Å². The van der Waals surface area contributed by atoms with E-state index in [1.54, 1.807) is 49.4 Å². The lowest BCUT2D eigenvalue weighted by Gasteiger charge is -2.15. The molecule has 0 fully saturated rings. The number of aromatic nitrogens is 1. The summed E-state index contributed by atoms with van der Waals surface area (Å²) in [6, 6.07) is 14.7. The van der Waals surface area contributed by atoms with Crippen molar-refractivity contribution in [2.75, 3.05) is 0 Å². The topological polar surface area (TPSA) is 80.3 Å². The summed E-state index contributed by atoms with van der Waals surface area (Å²) in [7, 11) is 0. The number of rotatable bonds is 7. The van der Waals surface area contributed by atoms with Gasteiger partial charge in [0.25, 0.3) is 5.91 Å². The molecule has 30 heavy (non-hydrogen) atoms. The molecule has 1 aromatic heterocycles. The van der Waals surface area contributed by atoms with Crippen LogP contribution in [-0.2, 0) is 11.3 Å². The molecule has 0 radical (unpaired) electrons. The van der Waals surface area contributed by atoms with Gasteiger partial charge in [-0.05, 0) is 49.4 Å². The molecule has 1 heterocycles. The number of nitrogens with one attached hydrogen (secondary N) is 2. The quantitative estimate of drug-likeness (QED) is 0.595. The summed E-state index contributed by atoms with van der Waals surface area (Å²) in [5.74, 6) is -0.640. The molecule has 0 bridgehead atoms. The van der Waals surface area contributed by atoms with E-state index >= 15 is 0 Å². The van der Waals surface area contributed by atoms with E-state index in [-0.39, 0.29) is 24.2 Å². The van der Waals surface area contributed by atoms with Gasteiger partial charge in [-0.3, -0.25) is 9.59 Å². The number of halogens is 2. The van der Waals surface area contributed by atoms with Crippen LogP contribution >= 0.6 is 11.6 Å². The molecule has 154 valence electrons. The first kappa shape index (κ1) is 21.3. The first-order valence-corrected chi connectivity index (χ1v) is 9.51. The highest BCUT2D eigenvalue weighted by molar-refractivity contribution is 6.30. The van der Waals surface area contributed by atoms with Crippen LogP contribution in [-0.4, -0.2) is 22.8 Å². The Morgan fingerprint density at radius 2 is 1.90 bits per heavy atom. The van der Waals surface area contributed by atoms with Crippen LogP contribution in [0.25, 0.3) is 0 Å². The molecule has 2 amide bonds. The van der Waals surface area contributed by atoms with E-state index in [9.17, 15) is 14.0 Å². The van der Waals surface area contributed by atoms with E-state index in [2.05, 4.69) is 15.6 Å². The Labute approximate surface area is 178 Å². The summed E-state index contributed by atoms with van der Waals surface area (Å²) in [6.45, 7) is 1.70. The van der Waals surface area contributed by atoms with Crippen LogP contribution in [0, 0.1) is 5.82 Å². The number of benzene rings is 2. The van der Waals surface area contributed by atoms with Crippen molar-refractivity contribution in [1.82, 2.24) is 15.6 Å². The van der Waals surface area contributed by atoms with E-state index in [0.29, 0.717) is 21.9 Å². The lowest BCUT2D eigenvalue weighted by molar-refractivity contribution is -0.122. The van der Waals surface area contributed by atoms with Crippen molar-refractivity contribution in [3.8, 4) is 11.6 Å². The molecule has 3 rings (SSSR count). The van der Waals surface area contributed by atoms with E-state index in [1.807, 2.05) is 0 Å². The Morgan fingerprint density at radius 1 is 1.13 bits per heavy atom. The number of nitrogens with zero attached hydrogens (tertiary/aromatic N) is 1. The van der Waals surface area contributed by atoms with Gasteiger partial charge in [0.15, 0.2) is 0 Å². The minimum Gasteiger partial charge on any atom is -0.439 e. The molecule has 0 saturated carbocycles. The summed E-state index contributed by atoms with van der Waals surface area (Å²) in [4.78, 5) is 28.8. The van der Waals surface area contributed by atoms with Crippen LogP contribution in [0.3, 0.4) is 0 Å². The van der Waals surface area contributed by atoms with E-state index in [1.165, 1.54) is 24.4 Å². The summed E-state index contributed by atoms with van der Waals surface area (Å²) in [6.07, 6.45) is 1.54. The average molecular weight is 428 g/mol. The van der Waals surface area contributed by atoms with Gasteiger partial charge in [-0.15, -0.1) is 0 Å². The van der Waals surface area contributed by atoms with Crippen molar-refractivity contribution in [2.45, 2.75) is 19.5 Å². The molecule has 8 heteroatoms. The van der Waals surface area contributed by atoms with Crippen LogP contribution in [0.4, 0.5) is 4.39 Å². The van der Waals surface area contributed by atoms with Gasteiger partial charge in [0.2, 0.25) is 11.8 Å². The Morgan fingerprint density at radius 3 is 2.63 bits per heavy atom. The second-order valence-electron chi connectivity index (χ2n) is 6.45. The molecule has 2 N–H and O–H groups in total. The summed E-state index contributed by atoms with van der Waals surface area (Å²) in [5, 5.41) is 5.88. The third-order valence-corrected chi connectivity index (χ3v) is 4.41. The zero-order valence-corrected chi connectivity index (χ0v) is 16.8. The SMILES string of the molecule is CC(NC(=O)c1ccc(Cl)cc1)C(=O)NCc1cccnc1Oc1cccc(F)c1. The lowest BCUT2D eigenvalue weighted by Crippen LogP contribution is -2.44. The average Bonchev–Trinajstić information content (AvgIpc) is 2.73. The smallest absolute Gasteiger partial charge is 0.251 e. The van der Waals surface area contributed by atoms with Gasteiger partial charge in [-0.25, -0.2) is 9.37 Å². The number of pyridine rings is 1. The number of ether oxygens (including phenoxy) is 1. The zero-order valence-electron chi connectivity index (χ0n) is 16.1. The van der Waals surface area contributed by atoms with E-state index in [0.717, 1.165) is 0 Å². The molecule has 3 aromatic rings. The van der Waals surface area contributed by atoms with Gasteiger partial charge in [-0.2, -0.15) is 0 Å². The third-order valence-electron chi connectivity index (χ3n) is 4.16. The summed E-state index contributed by atoms with van der Waals surface area (Å²) < 4.78 is 19.0. The van der Waals surface area contributed by atoms with Crippen molar-refractivity contribution >= 4 is 23.4 Å². The van der Waals surface area contributed by atoms with Gasteiger partial charge in [0, 0.05) is 35.0 Å². The minimum absolute atomic E-state index is 0.123. The Balaban J connectivity index is 1.59. The summed E-state index contributed by atoms with van der Waals surface area (Å²) in [5.41, 5.74) is 1.00. The van der Waals surface area contributed by atoms with Crippen molar-refractivity contribution < 1.29 is 18.7 Å². The fourth-order valence-corrected chi connectivity index (χ4v) is 2.70. The number of carbonyl (C=O) groups is 2. The van der Waals surface area contributed by atoms with Crippen molar-refractivity contribution in [3.63, 3.8) is 0 Å². The van der Waals surface area contributed by atoms with E-state index in [4.69, 9.17) is 16.3 Å². The normalized spacial score (nSPS) is 11.4. The van der Waals surface area contributed by atoms with Gasteiger partial charge < -0.3 is 15.4 Å². The second-order valence-corrected chi connectivity index (χ2v) is 6.88. The zero-order chi connectivity index (χ0) is 21.5. The predicted molar refractivity (Wildman–Crippen MR) is 111 cm³/mol. The Hall–Kier alpha value is -3.45. The highest BCUT2D eigenvalue weighted by Gasteiger charge is 2.17. The molecular weight excluding hydrogens is 409 g/mol. The molecule has 1 unspecified atom stereocenters. The Kier molecular flexibility index (Phi) is 6.98. The number of hydrogen-bond donors (Lipinski definition) is 2. The summed E-state index contributed by atoms with van der Waals surface area (Å²) >= 11 is 5.81. The van der Waals surface area contributed by atoms with Crippen LogP contribution in [0.1, 0.15) is 22.8 Å². The molecule has 2 aromatic carbocycles. The minimum atomic E-state index is -0.766. The Bertz CT molecular complexity index is 1040. The van der Waals surface area contributed by atoms with E-state index < -0.39 is 11.9 Å². The van der Waals surface area contributed by atoms with Crippen LogP contribution in [0.15, 0.2) is 66.9 Å². The molecule has 0 aliphatic heterocycles. The van der Waals surface area contributed by atoms with Crippen molar-refractivity contribution in [1.29, 1.82) is 0 Å². The maximum Gasteiger partial charge on any atom is 0.251 e. The van der Waals surface area contributed by atoms with Gasteiger partial charge >= 0.3 is 0 Å². The molecule has 0 saturated heterocycles. The number of amides is 2. The molecular formula is C22H19ClFN3O3. The third kappa shape index (κ3) is 5.78. The highest BCUT2D eigenvalue weighted by Crippen LogP contribution is 2.23. The molecule has 0 spiro atoms. The highest BCUT2D eigenvalue weighted by atomic mass is 35.5. The van der Waals surface area contributed by atoms with Gasteiger partial charge in [-0.1, -0.05) is 23.7 Å². The molecule has 0 aliphatic rings. The van der Waals surface area contributed by atoms with Gasteiger partial charge in [0.1, 0.15) is 17.6 Å². The predicted octanol–water partition coefficient (Wildman–Crippen LogP) is 4.10. The van der Waals surface area contributed by atoms with Crippen LogP contribution in [0.2, 0.25) is 5.02 Å². The maximum absolute atomic E-state index is 13.4. The van der Waals surface area contributed by atoms with Gasteiger partial charge in [0.05, 0.1) is 0 Å². The van der Waals surface area contributed by atoms with Crippen molar-refractivity contribution in [3.05, 3.63) is 88.8 Å². The first-order valence-electron chi connectivity index (χ1n) is 9.14. The van der Waals surface area contributed by atoms with Crippen molar-refractivity contribution in [2.24, 2.45) is 0 Å². The number of hydrogen-bond acceptors (Lipinski definition) is 4. The monoisotopic (exact) mass is 427 g/mol. The largest absolute Gasteiger partial charge is 0.439 e. The fraction of sp³-hybridized carbons (Fsp3) is 0.136. The molecule has 1 atom stereocenters. The number of carbonyl (C=O) groups excluding carboxylic acids is 2. The lowest BCUT2D eigenvalue weighted by atomic mass is 10.2. The molecule has 6 nitrogen and oxygen atoms in total.